The van der Waals surface area contributed by atoms with Gasteiger partial charge in [0.1, 0.15) is 6.61 Å². The second-order valence-corrected chi connectivity index (χ2v) is 3.69. The maximum Gasteiger partial charge on any atom is 0.436 e. The summed E-state index contributed by atoms with van der Waals surface area (Å²) in [5.41, 5.74) is -4.56. The van der Waals surface area contributed by atoms with Crippen molar-refractivity contribution in [1.82, 2.24) is 9.97 Å². The summed E-state index contributed by atoms with van der Waals surface area (Å²) in [6, 6.07) is 0. The summed E-state index contributed by atoms with van der Waals surface area (Å²) >= 11 is 0. The van der Waals surface area contributed by atoms with Crippen LogP contribution in [0.3, 0.4) is 0 Å². The summed E-state index contributed by atoms with van der Waals surface area (Å²) in [6.45, 7) is -0.769. The Hall–Kier alpha value is -1.49. The first-order valence-corrected chi connectivity index (χ1v) is 5.35. The van der Waals surface area contributed by atoms with Gasteiger partial charge in [0.25, 0.3) is 0 Å². The van der Waals surface area contributed by atoms with Gasteiger partial charge in [-0.2, -0.15) is 26.3 Å². The quantitative estimate of drug-likeness (QED) is 0.618. The highest BCUT2D eigenvalue weighted by Crippen LogP contribution is 2.36. The zero-order valence-corrected chi connectivity index (χ0v) is 10.5. The van der Waals surface area contributed by atoms with Gasteiger partial charge in [0.2, 0.25) is 0 Å². The van der Waals surface area contributed by atoms with Crippen molar-refractivity contribution in [3.63, 3.8) is 0 Å². The zero-order chi connectivity index (χ0) is 16.3. The molecule has 0 amide bonds. The number of ether oxygens (including phenoxy) is 2. The van der Waals surface area contributed by atoms with Gasteiger partial charge in [-0.05, 0) is 0 Å². The van der Waals surface area contributed by atoms with Crippen molar-refractivity contribution in [2.24, 2.45) is 0 Å². The van der Waals surface area contributed by atoms with E-state index in [1.165, 1.54) is 7.11 Å². The number of nitrogens with zero attached hydrogens (tertiary/aromatic N) is 2. The SMILES string of the molecule is COCCOCc1nc(C(F)(F)F)c(F)c(C(F)(F)F)n1. The molecule has 0 bridgehead atoms. The van der Waals surface area contributed by atoms with Crippen molar-refractivity contribution >= 4 is 0 Å². The number of halogens is 7. The van der Waals surface area contributed by atoms with E-state index in [0.29, 0.717) is 0 Å². The standard InChI is InChI=1S/C10H9F7N2O2/c1-20-2-3-21-4-5-18-7(9(12,13)14)6(11)8(19-5)10(15,16)17/h2-4H2,1H3. The van der Waals surface area contributed by atoms with Gasteiger partial charge < -0.3 is 9.47 Å². The van der Waals surface area contributed by atoms with Gasteiger partial charge in [-0.3, -0.25) is 0 Å². The van der Waals surface area contributed by atoms with Gasteiger partial charge in [-0.15, -0.1) is 0 Å². The molecule has 0 spiro atoms. The van der Waals surface area contributed by atoms with E-state index < -0.39 is 42.0 Å². The van der Waals surface area contributed by atoms with Gasteiger partial charge in [0, 0.05) is 7.11 Å². The smallest absolute Gasteiger partial charge is 0.382 e. The summed E-state index contributed by atoms with van der Waals surface area (Å²) in [4.78, 5) is 5.48. The Balaban J connectivity index is 3.15. The highest BCUT2D eigenvalue weighted by atomic mass is 19.4. The lowest BCUT2D eigenvalue weighted by Gasteiger charge is -2.14. The summed E-state index contributed by atoms with van der Waals surface area (Å²) in [5, 5.41) is 0. The molecule has 0 aliphatic carbocycles. The second-order valence-electron chi connectivity index (χ2n) is 3.69. The van der Waals surface area contributed by atoms with E-state index in [4.69, 9.17) is 4.74 Å². The third-order valence-electron chi connectivity index (χ3n) is 2.10. The molecular formula is C10H9F7N2O2. The molecule has 0 aliphatic rings. The molecule has 120 valence electrons. The van der Waals surface area contributed by atoms with Crippen LogP contribution in [-0.4, -0.2) is 30.3 Å². The van der Waals surface area contributed by atoms with Gasteiger partial charge in [0.15, 0.2) is 23.0 Å². The third-order valence-corrected chi connectivity index (χ3v) is 2.10. The zero-order valence-electron chi connectivity index (χ0n) is 10.5. The molecule has 0 aromatic carbocycles. The highest BCUT2D eigenvalue weighted by molar-refractivity contribution is 5.19. The normalized spacial score (nSPS) is 12.8. The maximum absolute atomic E-state index is 13.3. The van der Waals surface area contributed by atoms with Gasteiger partial charge in [-0.25, -0.2) is 14.4 Å². The van der Waals surface area contributed by atoms with Crippen LogP contribution >= 0.6 is 0 Å². The Kier molecular flexibility index (Phi) is 5.45. The van der Waals surface area contributed by atoms with Crippen LogP contribution in [0, 0.1) is 5.82 Å². The van der Waals surface area contributed by atoms with Crippen molar-refractivity contribution < 1.29 is 40.2 Å². The molecule has 0 unspecified atom stereocenters. The molecule has 0 saturated heterocycles. The molecule has 1 heterocycles. The first-order valence-electron chi connectivity index (χ1n) is 5.35. The van der Waals surface area contributed by atoms with E-state index >= 15 is 0 Å². The minimum atomic E-state index is -5.38. The Morgan fingerprint density at radius 2 is 1.38 bits per heavy atom. The van der Waals surface area contributed by atoms with Gasteiger partial charge in [-0.1, -0.05) is 0 Å². The average Bonchev–Trinajstić information content (AvgIpc) is 2.33. The van der Waals surface area contributed by atoms with E-state index in [2.05, 4.69) is 14.7 Å². The fraction of sp³-hybridized carbons (Fsp3) is 0.600. The lowest BCUT2D eigenvalue weighted by molar-refractivity contribution is -0.153. The van der Waals surface area contributed by atoms with Crippen molar-refractivity contribution in [3.05, 3.63) is 23.0 Å². The molecule has 0 saturated carbocycles. The van der Waals surface area contributed by atoms with Crippen molar-refractivity contribution in [1.29, 1.82) is 0 Å². The summed E-state index contributed by atoms with van der Waals surface area (Å²) in [5.74, 6) is -3.48. The molecule has 0 aliphatic heterocycles. The van der Waals surface area contributed by atoms with Crippen LogP contribution in [0.15, 0.2) is 0 Å². The molecule has 11 heteroatoms. The van der Waals surface area contributed by atoms with E-state index in [1.54, 1.807) is 0 Å². The number of hydrogen-bond acceptors (Lipinski definition) is 4. The topological polar surface area (TPSA) is 44.2 Å². The van der Waals surface area contributed by atoms with E-state index in [9.17, 15) is 30.7 Å². The number of hydrogen-bond donors (Lipinski definition) is 0. The first-order chi connectivity index (χ1) is 9.57. The van der Waals surface area contributed by atoms with Crippen LogP contribution in [-0.2, 0) is 28.4 Å². The molecule has 21 heavy (non-hydrogen) atoms. The molecule has 1 aromatic heterocycles. The Morgan fingerprint density at radius 3 is 1.76 bits per heavy atom. The van der Waals surface area contributed by atoms with Crippen LogP contribution in [0.1, 0.15) is 17.2 Å². The molecule has 0 radical (unpaired) electrons. The maximum atomic E-state index is 13.3. The predicted molar refractivity (Wildman–Crippen MR) is 53.5 cm³/mol. The van der Waals surface area contributed by atoms with Crippen LogP contribution in [0.2, 0.25) is 0 Å². The predicted octanol–water partition coefficient (Wildman–Crippen LogP) is 2.82. The monoisotopic (exact) mass is 322 g/mol. The average molecular weight is 322 g/mol. The van der Waals surface area contributed by atoms with E-state index in [-0.39, 0.29) is 13.2 Å². The summed E-state index contributed by atoms with van der Waals surface area (Å²) in [7, 11) is 1.32. The molecule has 0 atom stereocenters. The van der Waals surface area contributed by atoms with E-state index in [0.717, 1.165) is 0 Å². The van der Waals surface area contributed by atoms with Gasteiger partial charge in [0.05, 0.1) is 13.2 Å². The van der Waals surface area contributed by atoms with E-state index in [1.807, 2.05) is 0 Å². The number of aromatic nitrogens is 2. The Morgan fingerprint density at radius 1 is 0.905 bits per heavy atom. The minimum absolute atomic E-state index is 0.0689. The molecule has 0 N–H and O–H groups in total. The lowest BCUT2D eigenvalue weighted by atomic mass is 10.2. The fourth-order valence-electron chi connectivity index (χ4n) is 1.24. The fourth-order valence-corrected chi connectivity index (χ4v) is 1.24. The molecule has 4 nitrogen and oxygen atoms in total. The second kappa shape index (κ2) is 6.52. The van der Waals surface area contributed by atoms with Crippen LogP contribution in [0.4, 0.5) is 30.7 Å². The van der Waals surface area contributed by atoms with Crippen molar-refractivity contribution in [3.8, 4) is 0 Å². The third kappa shape index (κ3) is 4.77. The van der Waals surface area contributed by atoms with Crippen molar-refractivity contribution in [2.75, 3.05) is 20.3 Å². The molecule has 1 aromatic rings. The Bertz CT molecular complexity index is 452. The largest absolute Gasteiger partial charge is 0.436 e. The minimum Gasteiger partial charge on any atom is -0.382 e. The van der Waals surface area contributed by atoms with Crippen LogP contribution < -0.4 is 0 Å². The van der Waals surface area contributed by atoms with Gasteiger partial charge >= 0.3 is 12.4 Å². The number of methoxy groups -OCH3 is 1. The summed E-state index contributed by atoms with van der Waals surface area (Å²) in [6.07, 6.45) is -10.8. The lowest BCUT2D eigenvalue weighted by Crippen LogP contribution is -2.22. The molecule has 0 fully saturated rings. The van der Waals surface area contributed by atoms with Crippen LogP contribution in [0.25, 0.3) is 0 Å². The van der Waals surface area contributed by atoms with Crippen LogP contribution in [0.5, 0.6) is 0 Å². The Labute approximate surface area is 113 Å². The summed E-state index contributed by atoms with van der Waals surface area (Å²) < 4.78 is 97.4. The number of rotatable bonds is 5. The number of alkyl halides is 6. The molecule has 1 rings (SSSR count). The first kappa shape index (κ1) is 17.6. The van der Waals surface area contributed by atoms with Crippen molar-refractivity contribution in [2.45, 2.75) is 19.0 Å². The molecular weight excluding hydrogens is 313 g/mol. The highest BCUT2D eigenvalue weighted by Gasteiger charge is 2.44.